The SMILES string of the molecule is O=C(/C=C/c1ccco1)NCCc1ccc(-c2ccsc2)s1. The van der Waals surface area contributed by atoms with Gasteiger partial charge in [-0.25, -0.2) is 0 Å². The van der Waals surface area contributed by atoms with E-state index in [-0.39, 0.29) is 5.91 Å². The molecule has 1 N–H and O–H groups in total. The fourth-order valence-electron chi connectivity index (χ4n) is 1.98. The average molecular weight is 329 g/mol. The van der Waals surface area contributed by atoms with E-state index >= 15 is 0 Å². The molecule has 5 heteroatoms. The smallest absolute Gasteiger partial charge is 0.244 e. The lowest BCUT2D eigenvalue weighted by Crippen LogP contribution is -2.23. The predicted octanol–water partition coefficient (Wildman–Crippen LogP) is 4.44. The molecule has 0 aliphatic heterocycles. The van der Waals surface area contributed by atoms with E-state index in [1.807, 2.05) is 0 Å². The minimum atomic E-state index is -0.106. The molecular weight excluding hydrogens is 314 g/mol. The molecule has 0 fully saturated rings. The molecule has 112 valence electrons. The van der Waals surface area contributed by atoms with Crippen molar-refractivity contribution in [3.8, 4) is 10.4 Å². The summed E-state index contributed by atoms with van der Waals surface area (Å²) in [4.78, 5) is 14.2. The first-order chi connectivity index (χ1) is 10.8. The Bertz CT molecular complexity index is 740. The van der Waals surface area contributed by atoms with Crippen LogP contribution in [0.1, 0.15) is 10.6 Å². The van der Waals surface area contributed by atoms with Crippen LogP contribution < -0.4 is 5.32 Å². The second kappa shape index (κ2) is 7.24. The maximum absolute atomic E-state index is 11.7. The van der Waals surface area contributed by atoms with Gasteiger partial charge in [0.15, 0.2) is 0 Å². The fourth-order valence-corrected chi connectivity index (χ4v) is 3.72. The van der Waals surface area contributed by atoms with E-state index in [1.54, 1.807) is 47.1 Å². The maximum atomic E-state index is 11.7. The quantitative estimate of drug-likeness (QED) is 0.679. The number of thiophene rings is 2. The summed E-state index contributed by atoms with van der Waals surface area (Å²) in [5, 5.41) is 7.11. The number of furan rings is 1. The van der Waals surface area contributed by atoms with E-state index in [1.165, 1.54) is 21.4 Å². The van der Waals surface area contributed by atoms with Gasteiger partial charge in [0.2, 0.25) is 5.91 Å². The van der Waals surface area contributed by atoms with Crippen LogP contribution in [0.2, 0.25) is 0 Å². The topological polar surface area (TPSA) is 42.2 Å². The fraction of sp³-hybridized carbons (Fsp3) is 0.118. The van der Waals surface area contributed by atoms with Gasteiger partial charge in [0.1, 0.15) is 5.76 Å². The number of nitrogens with one attached hydrogen (secondary N) is 1. The van der Waals surface area contributed by atoms with E-state index in [0.717, 1.165) is 6.42 Å². The first-order valence-electron chi connectivity index (χ1n) is 6.92. The Morgan fingerprint density at radius 3 is 3.00 bits per heavy atom. The predicted molar refractivity (Wildman–Crippen MR) is 92.1 cm³/mol. The van der Waals surface area contributed by atoms with Gasteiger partial charge in [-0.15, -0.1) is 11.3 Å². The molecule has 0 saturated carbocycles. The minimum Gasteiger partial charge on any atom is -0.465 e. The summed E-state index contributed by atoms with van der Waals surface area (Å²) in [7, 11) is 0. The first kappa shape index (κ1) is 14.8. The third-order valence-corrected chi connectivity index (χ3v) is 4.96. The second-order valence-corrected chi connectivity index (χ2v) is 6.62. The van der Waals surface area contributed by atoms with E-state index in [2.05, 4.69) is 34.3 Å². The Balaban J connectivity index is 1.46. The van der Waals surface area contributed by atoms with Gasteiger partial charge < -0.3 is 9.73 Å². The van der Waals surface area contributed by atoms with Crippen molar-refractivity contribution in [3.05, 3.63) is 64.1 Å². The third-order valence-electron chi connectivity index (χ3n) is 3.08. The molecule has 0 aliphatic carbocycles. The summed E-state index contributed by atoms with van der Waals surface area (Å²) in [5.41, 5.74) is 1.27. The van der Waals surface area contributed by atoms with Crippen LogP contribution in [0.5, 0.6) is 0 Å². The molecule has 0 atom stereocenters. The summed E-state index contributed by atoms with van der Waals surface area (Å²) in [6.07, 6.45) is 5.58. The Morgan fingerprint density at radius 1 is 1.27 bits per heavy atom. The van der Waals surface area contributed by atoms with Crippen molar-refractivity contribution in [2.75, 3.05) is 6.54 Å². The molecule has 3 aromatic heterocycles. The Hall–Kier alpha value is -2.11. The highest BCUT2D eigenvalue weighted by molar-refractivity contribution is 7.16. The van der Waals surface area contributed by atoms with Gasteiger partial charge >= 0.3 is 0 Å². The molecule has 1 amide bonds. The molecule has 22 heavy (non-hydrogen) atoms. The molecule has 3 aromatic rings. The lowest BCUT2D eigenvalue weighted by Gasteiger charge is -2.00. The molecule has 0 spiro atoms. The van der Waals surface area contributed by atoms with Gasteiger partial charge in [0.25, 0.3) is 0 Å². The second-order valence-electron chi connectivity index (χ2n) is 4.67. The monoisotopic (exact) mass is 329 g/mol. The molecule has 0 unspecified atom stereocenters. The molecule has 0 aliphatic rings. The van der Waals surface area contributed by atoms with E-state index in [4.69, 9.17) is 4.42 Å². The molecule has 0 radical (unpaired) electrons. The van der Waals surface area contributed by atoms with Crippen molar-refractivity contribution in [2.24, 2.45) is 0 Å². The van der Waals surface area contributed by atoms with Gasteiger partial charge in [-0.3, -0.25) is 4.79 Å². The van der Waals surface area contributed by atoms with Crippen LogP contribution in [-0.2, 0) is 11.2 Å². The third kappa shape index (κ3) is 3.96. The normalized spacial score (nSPS) is 11.1. The summed E-state index contributed by atoms with van der Waals surface area (Å²) in [6, 6.07) is 9.99. The van der Waals surface area contributed by atoms with Gasteiger partial charge in [-0.05, 0) is 53.6 Å². The van der Waals surface area contributed by atoms with Crippen molar-refractivity contribution in [2.45, 2.75) is 6.42 Å². The molecule has 3 rings (SSSR count). The van der Waals surface area contributed by atoms with Crippen LogP contribution >= 0.6 is 22.7 Å². The molecule has 3 nitrogen and oxygen atoms in total. The summed E-state index contributed by atoms with van der Waals surface area (Å²) in [6.45, 7) is 0.630. The largest absolute Gasteiger partial charge is 0.465 e. The standard InChI is InChI=1S/C17H15NO2S2/c19-17(6-3-14-2-1-10-20-14)18-9-7-15-4-5-16(22-15)13-8-11-21-12-13/h1-6,8,10-12H,7,9H2,(H,18,19)/b6-3+. The average Bonchev–Trinajstić information content (AvgIpc) is 3.26. The zero-order valence-corrected chi connectivity index (χ0v) is 13.5. The van der Waals surface area contributed by atoms with Gasteiger partial charge in [-0.2, -0.15) is 11.3 Å². The van der Waals surface area contributed by atoms with Crippen LogP contribution in [-0.4, -0.2) is 12.5 Å². The number of carbonyl (C=O) groups is 1. The van der Waals surface area contributed by atoms with Gasteiger partial charge in [0, 0.05) is 27.9 Å². The minimum absolute atomic E-state index is 0.106. The summed E-state index contributed by atoms with van der Waals surface area (Å²) < 4.78 is 5.13. The van der Waals surface area contributed by atoms with E-state index in [9.17, 15) is 4.79 Å². The first-order valence-corrected chi connectivity index (χ1v) is 8.68. The zero-order valence-electron chi connectivity index (χ0n) is 11.8. The summed E-state index contributed by atoms with van der Waals surface area (Å²) in [5.74, 6) is 0.569. The van der Waals surface area contributed by atoms with Crippen LogP contribution in [0.3, 0.4) is 0 Å². The highest BCUT2D eigenvalue weighted by Gasteiger charge is 2.04. The van der Waals surface area contributed by atoms with Crippen LogP contribution in [0.15, 0.2) is 57.8 Å². The van der Waals surface area contributed by atoms with Crippen LogP contribution in [0.25, 0.3) is 16.5 Å². The van der Waals surface area contributed by atoms with Gasteiger partial charge in [0.05, 0.1) is 6.26 Å². The number of hydrogen-bond acceptors (Lipinski definition) is 4. The Morgan fingerprint density at radius 2 is 2.23 bits per heavy atom. The maximum Gasteiger partial charge on any atom is 0.244 e. The van der Waals surface area contributed by atoms with E-state index in [0.29, 0.717) is 12.3 Å². The Kier molecular flexibility index (Phi) is 4.88. The number of amides is 1. The number of rotatable bonds is 6. The Labute approximate surface area is 136 Å². The van der Waals surface area contributed by atoms with Crippen LogP contribution in [0, 0.1) is 0 Å². The van der Waals surface area contributed by atoms with E-state index < -0.39 is 0 Å². The number of carbonyl (C=O) groups excluding carboxylic acids is 1. The highest BCUT2D eigenvalue weighted by Crippen LogP contribution is 2.29. The highest BCUT2D eigenvalue weighted by atomic mass is 32.1. The molecule has 0 bridgehead atoms. The lowest BCUT2D eigenvalue weighted by atomic mass is 10.3. The zero-order chi connectivity index (χ0) is 15.2. The van der Waals surface area contributed by atoms with Crippen molar-refractivity contribution in [3.63, 3.8) is 0 Å². The molecular formula is C17H15NO2S2. The molecule has 0 saturated heterocycles. The van der Waals surface area contributed by atoms with Gasteiger partial charge in [-0.1, -0.05) is 0 Å². The van der Waals surface area contributed by atoms with Crippen molar-refractivity contribution < 1.29 is 9.21 Å². The molecule has 3 heterocycles. The van der Waals surface area contributed by atoms with Crippen molar-refractivity contribution in [1.29, 1.82) is 0 Å². The number of hydrogen-bond donors (Lipinski definition) is 1. The summed E-state index contributed by atoms with van der Waals surface area (Å²) >= 11 is 3.48. The van der Waals surface area contributed by atoms with Crippen LogP contribution in [0.4, 0.5) is 0 Å². The van der Waals surface area contributed by atoms with Crippen molar-refractivity contribution in [1.82, 2.24) is 5.32 Å². The molecule has 0 aromatic carbocycles. The lowest BCUT2D eigenvalue weighted by molar-refractivity contribution is -0.116. The van der Waals surface area contributed by atoms with Crippen molar-refractivity contribution >= 4 is 34.7 Å².